The summed E-state index contributed by atoms with van der Waals surface area (Å²) in [4.78, 5) is 24.8. The van der Waals surface area contributed by atoms with Gasteiger partial charge in [0.25, 0.3) is 0 Å². The minimum Gasteiger partial charge on any atom is -0.298 e. The normalized spacial score (nSPS) is 19.4. The summed E-state index contributed by atoms with van der Waals surface area (Å²) in [6.07, 6.45) is 0. The standard InChI is InChI=1S/C13H12ClN3O2/c1-8-13(19)17(12(18)6-16-8)7-10-3-2-9(5-15)4-11(10)14/h2-4,8,16H,6-7H2,1H3. The minimum absolute atomic E-state index is 0.133. The Hall–Kier alpha value is -1.90. The highest BCUT2D eigenvalue weighted by atomic mass is 35.5. The number of nitriles is 1. The number of benzene rings is 1. The average Bonchev–Trinajstić information content (AvgIpc) is 2.40. The van der Waals surface area contributed by atoms with E-state index >= 15 is 0 Å². The van der Waals surface area contributed by atoms with Gasteiger partial charge in [0.05, 0.1) is 30.8 Å². The molecular formula is C13H12ClN3O2. The molecule has 1 atom stereocenters. The van der Waals surface area contributed by atoms with E-state index in [0.717, 1.165) is 0 Å². The van der Waals surface area contributed by atoms with E-state index in [-0.39, 0.29) is 30.9 Å². The van der Waals surface area contributed by atoms with Crippen molar-refractivity contribution >= 4 is 23.4 Å². The summed E-state index contributed by atoms with van der Waals surface area (Å²) < 4.78 is 0. The molecule has 1 N–H and O–H groups in total. The summed E-state index contributed by atoms with van der Waals surface area (Å²) in [5, 5.41) is 12.0. The molecule has 0 bridgehead atoms. The van der Waals surface area contributed by atoms with Crippen LogP contribution in [0.2, 0.25) is 5.02 Å². The van der Waals surface area contributed by atoms with Gasteiger partial charge in [0, 0.05) is 5.02 Å². The van der Waals surface area contributed by atoms with E-state index in [1.54, 1.807) is 19.1 Å². The smallest absolute Gasteiger partial charge is 0.246 e. The van der Waals surface area contributed by atoms with Crippen molar-refractivity contribution in [1.29, 1.82) is 5.26 Å². The molecule has 2 rings (SSSR count). The number of hydrogen-bond acceptors (Lipinski definition) is 4. The monoisotopic (exact) mass is 277 g/mol. The Morgan fingerprint density at radius 2 is 2.26 bits per heavy atom. The Morgan fingerprint density at radius 1 is 1.53 bits per heavy atom. The number of hydrogen-bond donors (Lipinski definition) is 1. The van der Waals surface area contributed by atoms with Crippen molar-refractivity contribution in [3.63, 3.8) is 0 Å². The van der Waals surface area contributed by atoms with E-state index in [4.69, 9.17) is 16.9 Å². The van der Waals surface area contributed by atoms with Gasteiger partial charge >= 0.3 is 0 Å². The number of nitrogens with zero attached hydrogens (tertiary/aromatic N) is 2. The summed E-state index contributed by atoms with van der Waals surface area (Å²) in [7, 11) is 0. The fraction of sp³-hybridized carbons (Fsp3) is 0.308. The van der Waals surface area contributed by atoms with Gasteiger partial charge in [0.2, 0.25) is 11.8 Å². The number of carbonyl (C=O) groups is 2. The van der Waals surface area contributed by atoms with E-state index < -0.39 is 0 Å². The topological polar surface area (TPSA) is 73.2 Å². The molecule has 0 radical (unpaired) electrons. The number of rotatable bonds is 2. The second kappa shape index (κ2) is 5.39. The first-order chi connectivity index (χ1) is 9.02. The van der Waals surface area contributed by atoms with E-state index in [1.807, 2.05) is 6.07 Å². The summed E-state index contributed by atoms with van der Waals surface area (Å²) >= 11 is 6.04. The van der Waals surface area contributed by atoms with Gasteiger partial charge in [-0.2, -0.15) is 5.26 Å². The zero-order valence-electron chi connectivity index (χ0n) is 10.3. The maximum absolute atomic E-state index is 11.9. The molecule has 1 unspecified atom stereocenters. The van der Waals surface area contributed by atoms with Gasteiger partial charge in [-0.15, -0.1) is 0 Å². The van der Waals surface area contributed by atoms with Gasteiger partial charge in [-0.1, -0.05) is 17.7 Å². The van der Waals surface area contributed by atoms with Crippen molar-refractivity contribution in [1.82, 2.24) is 10.2 Å². The van der Waals surface area contributed by atoms with E-state index in [1.165, 1.54) is 11.0 Å². The van der Waals surface area contributed by atoms with Crippen LogP contribution in [-0.2, 0) is 16.1 Å². The van der Waals surface area contributed by atoms with Crippen LogP contribution >= 0.6 is 11.6 Å². The van der Waals surface area contributed by atoms with Crippen LogP contribution in [0.4, 0.5) is 0 Å². The van der Waals surface area contributed by atoms with Gasteiger partial charge in [-0.3, -0.25) is 19.8 Å². The van der Waals surface area contributed by atoms with Crippen LogP contribution in [0.1, 0.15) is 18.1 Å². The van der Waals surface area contributed by atoms with Crippen molar-refractivity contribution < 1.29 is 9.59 Å². The van der Waals surface area contributed by atoms with Gasteiger partial charge in [0.1, 0.15) is 0 Å². The van der Waals surface area contributed by atoms with Crippen molar-refractivity contribution in [2.45, 2.75) is 19.5 Å². The maximum Gasteiger partial charge on any atom is 0.246 e. The molecule has 0 spiro atoms. The molecule has 0 saturated carbocycles. The molecule has 19 heavy (non-hydrogen) atoms. The highest BCUT2D eigenvalue weighted by molar-refractivity contribution is 6.31. The Morgan fingerprint density at radius 3 is 2.89 bits per heavy atom. The van der Waals surface area contributed by atoms with E-state index in [9.17, 15) is 9.59 Å². The average molecular weight is 278 g/mol. The number of carbonyl (C=O) groups excluding carboxylic acids is 2. The maximum atomic E-state index is 11.9. The second-order valence-corrected chi connectivity index (χ2v) is 4.75. The summed E-state index contributed by atoms with van der Waals surface area (Å²) in [5.41, 5.74) is 1.09. The molecule has 1 aromatic carbocycles. The second-order valence-electron chi connectivity index (χ2n) is 4.34. The van der Waals surface area contributed by atoms with Crippen LogP contribution in [0, 0.1) is 11.3 Å². The third-order valence-electron chi connectivity index (χ3n) is 3.01. The highest BCUT2D eigenvalue weighted by Gasteiger charge is 2.31. The molecule has 1 saturated heterocycles. The van der Waals surface area contributed by atoms with Crippen LogP contribution in [0.15, 0.2) is 18.2 Å². The number of nitrogens with one attached hydrogen (secondary N) is 1. The van der Waals surface area contributed by atoms with Crippen molar-refractivity contribution in [3.05, 3.63) is 34.3 Å². The fourth-order valence-corrected chi connectivity index (χ4v) is 2.10. The highest BCUT2D eigenvalue weighted by Crippen LogP contribution is 2.20. The third-order valence-corrected chi connectivity index (χ3v) is 3.36. The third kappa shape index (κ3) is 2.75. The Bertz CT molecular complexity index is 580. The largest absolute Gasteiger partial charge is 0.298 e. The SMILES string of the molecule is CC1NCC(=O)N(Cc2ccc(C#N)cc2Cl)C1=O. The van der Waals surface area contributed by atoms with Crippen LogP contribution in [-0.4, -0.2) is 29.3 Å². The molecule has 1 fully saturated rings. The molecule has 0 aromatic heterocycles. The summed E-state index contributed by atoms with van der Waals surface area (Å²) in [5.74, 6) is -0.541. The molecule has 2 amide bonds. The molecule has 1 aromatic rings. The lowest BCUT2D eigenvalue weighted by molar-refractivity contribution is -0.149. The van der Waals surface area contributed by atoms with Gasteiger partial charge in [-0.25, -0.2) is 0 Å². The predicted octanol–water partition coefficient (Wildman–Crippen LogP) is 1.06. The lowest BCUT2D eigenvalue weighted by Crippen LogP contribution is -2.56. The molecule has 1 heterocycles. The molecule has 0 aliphatic carbocycles. The zero-order chi connectivity index (χ0) is 14.0. The lowest BCUT2D eigenvalue weighted by Gasteiger charge is -2.30. The number of halogens is 1. The van der Waals surface area contributed by atoms with E-state index in [2.05, 4.69) is 5.32 Å². The Balaban J connectivity index is 2.23. The number of amides is 2. The number of piperazine rings is 1. The first-order valence-electron chi connectivity index (χ1n) is 5.79. The zero-order valence-corrected chi connectivity index (χ0v) is 11.1. The van der Waals surface area contributed by atoms with Gasteiger partial charge in [-0.05, 0) is 24.6 Å². The first kappa shape index (κ1) is 13.5. The quantitative estimate of drug-likeness (QED) is 0.821. The fourth-order valence-electron chi connectivity index (χ4n) is 1.86. The van der Waals surface area contributed by atoms with Crippen molar-refractivity contribution in [3.8, 4) is 6.07 Å². The first-order valence-corrected chi connectivity index (χ1v) is 6.17. The molecule has 5 nitrogen and oxygen atoms in total. The summed E-state index contributed by atoms with van der Waals surface area (Å²) in [6, 6.07) is 6.40. The van der Waals surface area contributed by atoms with Crippen LogP contribution in [0.3, 0.4) is 0 Å². The Kier molecular flexibility index (Phi) is 3.84. The summed E-state index contributed by atoms with van der Waals surface area (Å²) in [6.45, 7) is 1.98. The lowest BCUT2D eigenvalue weighted by atomic mass is 10.1. The predicted molar refractivity (Wildman–Crippen MR) is 69.2 cm³/mol. The Labute approximate surface area is 115 Å². The van der Waals surface area contributed by atoms with Crippen molar-refractivity contribution in [2.75, 3.05) is 6.54 Å². The molecule has 6 heteroatoms. The van der Waals surface area contributed by atoms with Crippen molar-refractivity contribution in [2.24, 2.45) is 0 Å². The molecule has 98 valence electrons. The van der Waals surface area contributed by atoms with Gasteiger partial charge in [0.15, 0.2) is 0 Å². The van der Waals surface area contributed by atoms with E-state index in [0.29, 0.717) is 16.1 Å². The van der Waals surface area contributed by atoms with Crippen LogP contribution in [0.25, 0.3) is 0 Å². The molecule has 1 aliphatic rings. The minimum atomic E-state index is -0.380. The molecular weight excluding hydrogens is 266 g/mol. The number of imide groups is 1. The molecule has 1 aliphatic heterocycles. The van der Waals surface area contributed by atoms with Crippen LogP contribution in [0.5, 0.6) is 0 Å². The van der Waals surface area contributed by atoms with Crippen LogP contribution < -0.4 is 5.32 Å². The van der Waals surface area contributed by atoms with Gasteiger partial charge < -0.3 is 0 Å².